The molecule has 0 aliphatic heterocycles. The van der Waals surface area contributed by atoms with E-state index in [1.807, 2.05) is 37.3 Å². The van der Waals surface area contributed by atoms with Gasteiger partial charge >= 0.3 is 0 Å². The quantitative estimate of drug-likeness (QED) is 0.856. The number of nitrogens with one attached hydrogen (secondary N) is 2. The highest BCUT2D eigenvalue weighted by molar-refractivity contribution is 5.92. The lowest BCUT2D eigenvalue weighted by atomic mass is 10.2. The number of benzene rings is 1. The molecule has 1 amide bonds. The van der Waals surface area contributed by atoms with Crippen molar-refractivity contribution in [3.63, 3.8) is 0 Å². The van der Waals surface area contributed by atoms with E-state index in [9.17, 15) is 4.79 Å². The highest BCUT2D eigenvalue weighted by atomic mass is 16.1. The smallest absolute Gasteiger partial charge is 0.272 e. The Morgan fingerprint density at radius 2 is 1.89 bits per heavy atom. The van der Waals surface area contributed by atoms with Gasteiger partial charge in [-0.2, -0.15) is 0 Å². The molecule has 5 nitrogen and oxygen atoms in total. The Hall–Kier alpha value is -2.43. The standard InChI is InChI=1S/C14H16N4O/c1-2-15-13-9-8-12(17-18-13)14(19)16-10-11-6-4-3-5-7-11/h3-9H,2,10H2,1H3,(H,15,18)(H,16,19). The average Bonchev–Trinajstić information content (AvgIpc) is 2.47. The molecule has 98 valence electrons. The van der Waals surface area contributed by atoms with Gasteiger partial charge in [-0.05, 0) is 24.6 Å². The number of nitrogens with zero attached hydrogens (tertiary/aromatic N) is 2. The summed E-state index contributed by atoms with van der Waals surface area (Å²) in [5.41, 5.74) is 1.37. The molecular weight excluding hydrogens is 240 g/mol. The molecule has 2 aromatic rings. The summed E-state index contributed by atoms with van der Waals surface area (Å²) in [6.07, 6.45) is 0. The van der Waals surface area contributed by atoms with Gasteiger partial charge in [0.15, 0.2) is 5.69 Å². The van der Waals surface area contributed by atoms with Gasteiger partial charge in [0, 0.05) is 13.1 Å². The summed E-state index contributed by atoms with van der Waals surface area (Å²) in [5, 5.41) is 13.6. The van der Waals surface area contributed by atoms with Crippen molar-refractivity contribution < 1.29 is 4.79 Å². The van der Waals surface area contributed by atoms with E-state index < -0.39 is 0 Å². The fraction of sp³-hybridized carbons (Fsp3) is 0.214. The summed E-state index contributed by atoms with van der Waals surface area (Å²) >= 11 is 0. The first-order valence-corrected chi connectivity index (χ1v) is 6.19. The third-order valence-corrected chi connectivity index (χ3v) is 2.55. The van der Waals surface area contributed by atoms with E-state index in [1.165, 1.54) is 0 Å². The van der Waals surface area contributed by atoms with Crippen LogP contribution < -0.4 is 10.6 Å². The van der Waals surface area contributed by atoms with Crippen molar-refractivity contribution in [1.82, 2.24) is 15.5 Å². The molecule has 19 heavy (non-hydrogen) atoms. The zero-order valence-corrected chi connectivity index (χ0v) is 10.8. The molecule has 0 radical (unpaired) electrons. The van der Waals surface area contributed by atoms with Crippen LogP contribution in [0.2, 0.25) is 0 Å². The van der Waals surface area contributed by atoms with Gasteiger partial charge in [-0.25, -0.2) is 0 Å². The molecule has 0 saturated carbocycles. The van der Waals surface area contributed by atoms with Crippen LogP contribution in [-0.4, -0.2) is 22.6 Å². The highest BCUT2D eigenvalue weighted by Gasteiger charge is 2.07. The maximum Gasteiger partial charge on any atom is 0.272 e. The van der Waals surface area contributed by atoms with Gasteiger partial charge in [-0.3, -0.25) is 4.79 Å². The zero-order chi connectivity index (χ0) is 13.5. The van der Waals surface area contributed by atoms with Crippen LogP contribution in [-0.2, 0) is 6.54 Å². The summed E-state index contributed by atoms with van der Waals surface area (Å²) in [4.78, 5) is 11.9. The number of carbonyl (C=O) groups excluding carboxylic acids is 1. The van der Waals surface area contributed by atoms with Gasteiger partial charge in [0.05, 0.1) is 0 Å². The van der Waals surface area contributed by atoms with E-state index in [4.69, 9.17) is 0 Å². The Labute approximate surface area is 112 Å². The molecule has 0 atom stereocenters. The van der Waals surface area contributed by atoms with E-state index in [0.717, 1.165) is 12.1 Å². The van der Waals surface area contributed by atoms with Gasteiger partial charge in [0.1, 0.15) is 5.82 Å². The van der Waals surface area contributed by atoms with Crippen molar-refractivity contribution in [2.75, 3.05) is 11.9 Å². The molecule has 0 fully saturated rings. The lowest BCUT2D eigenvalue weighted by Crippen LogP contribution is -2.24. The minimum absolute atomic E-state index is 0.223. The van der Waals surface area contributed by atoms with Crippen molar-refractivity contribution in [3.05, 3.63) is 53.7 Å². The van der Waals surface area contributed by atoms with Crippen LogP contribution in [0.1, 0.15) is 23.0 Å². The number of hydrogen-bond acceptors (Lipinski definition) is 4. The molecule has 2 rings (SSSR count). The van der Waals surface area contributed by atoms with Crippen LogP contribution in [0.25, 0.3) is 0 Å². The van der Waals surface area contributed by atoms with Crippen LogP contribution in [0.5, 0.6) is 0 Å². The number of amides is 1. The number of aromatic nitrogens is 2. The van der Waals surface area contributed by atoms with Gasteiger partial charge in [-0.1, -0.05) is 30.3 Å². The van der Waals surface area contributed by atoms with Crippen molar-refractivity contribution in [2.24, 2.45) is 0 Å². The maximum atomic E-state index is 11.9. The van der Waals surface area contributed by atoms with Crippen LogP contribution >= 0.6 is 0 Å². The number of hydrogen-bond donors (Lipinski definition) is 2. The van der Waals surface area contributed by atoms with Crippen molar-refractivity contribution >= 4 is 11.7 Å². The fourth-order valence-corrected chi connectivity index (χ4v) is 1.60. The maximum absolute atomic E-state index is 11.9. The normalized spacial score (nSPS) is 9.95. The van der Waals surface area contributed by atoms with E-state index >= 15 is 0 Å². The lowest BCUT2D eigenvalue weighted by molar-refractivity contribution is 0.0945. The number of carbonyl (C=O) groups is 1. The van der Waals surface area contributed by atoms with Crippen LogP contribution in [0.15, 0.2) is 42.5 Å². The molecule has 2 N–H and O–H groups in total. The Kier molecular flexibility index (Phi) is 4.44. The summed E-state index contributed by atoms with van der Waals surface area (Å²) in [7, 11) is 0. The largest absolute Gasteiger partial charge is 0.369 e. The highest BCUT2D eigenvalue weighted by Crippen LogP contribution is 2.02. The molecule has 0 aliphatic carbocycles. The average molecular weight is 256 g/mol. The van der Waals surface area contributed by atoms with Crippen molar-refractivity contribution in [2.45, 2.75) is 13.5 Å². The molecule has 1 heterocycles. The third-order valence-electron chi connectivity index (χ3n) is 2.55. The molecule has 1 aromatic heterocycles. The molecular formula is C14H16N4O. The molecule has 0 bridgehead atoms. The Bertz CT molecular complexity index is 525. The van der Waals surface area contributed by atoms with Crippen LogP contribution in [0, 0.1) is 0 Å². The third kappa shape index (κ3) is 3.77. The molecule has 0 spiro atoms. The van der Waals surface area contributed by atoms with Gasteiger partial charge < -0.3 is 10.6 Å². The number of rotatable bonds is 5. The van der Waals surface area contributed by atoms with E-state index in [0.29, 0.717) is 18.1 Å². The Morgan fingerprint density at radius 1 is 1.11 bits per heavy atom. The monoisotopic (exact) mass is 256 g/mol. The topological polar surface area (TPSA) is 66.9 Å². The van der Waals surface area contributed by atoms with Crippen LogP contribution in [0.4, 0.5) is 5.82 Å². The Morgan fingerprint density at radius 3 is 2.53 bits per heavy atom. The van der Waals surface area contributed by atoms with Crippen molar-refractivity contribution in [1.29, 1.82) is 0 Å². The summed E-state index contributed by atoms with van der Waals surface area (Å²) in [6.45, 7) is 3.23. The molecule has 1 aromatic carbocycles. The van der Waals surface area contributed by atoms with Gasteiger partial charge in [0.25, 0.3) is 5.91 Å². The molecule has 0 saturated heterocycles. The zero-order valence-electron chi connectivity index (χ0n) is 10.8. The predicted molar refractivity (Wildman–Crippen MR) is 73.8 cm³/mol. The SMILES string of the molecule is CCNc1ccc(C(=O)NCc2ccccc2)nn1. The summed E-state index contributed by atoms with van der Waals surface area (Å²) < 4.78 is 0. The van der Waals surface area contributed by atoms with E-state index in [-0.39, 0.29) is 5.91 Å². The van der Waals surface area contributed by atoms with Crippen molar-refractivity contribution in [3.8, 4) is 0 Å². The van der Waals surface area contributed by atoms with E-state index in [1.54, 1.807) is 12.1 Å². The molecule has 0 unspecified atom stereocenters. The first-order valence-electron chi connectivity index (χ1n) is 6.19. The first-order chi connectivity index (χ1) is 9.29. The minimum Gasteiger partial charge on any atom is -0.369 e. The van der Waals surface area contributed by atoms with Crippen LogP contribution in [0.3, 0.4) is 0 Å². The fourth-order valence-electron chi connectivity index (χ4n) is 1.60. The summed E-state index contributed by atoms with van der Waals surface area (Å²) in [5.74, 6) is 0.446. The van der Waals surface area contributed by atoms with E-state index in [2.05, 4.69) is 20.8 Å². The van der Waals surface area contributed by atoms with Gasteiger partial charge in [-0.15, -0.1) is 10.2 Å². The second kappa shape index (κ2) is 6.49. The lowest BCUT2D eigenvalue weighted by Gasteiger charge is -2.05. The predicted octanol–water partition coefficient (Wildman–Crippen LogP) is 1.84. The second-order valence-electron chi connectivity index (χ2n) is 4.00. The van der Waals surface area contributed by atoms with Gasteiger partial charge in [0.2, 0.25) is 0 Å². The Balaban J connectivity index is 1.92. The minimum atomic E-state index is -0.223. The first kappa shape index (κ1) is 13.0. The number of anilines is 1. The molecule has 5 heteroatoms. The summed E-state index contributed by atoms with van der Waals surface area (Å²) in [6, 6.07) is 13.1. The molecule has 0 aliphatic rings. The second-order valence-corrected chi connectivity index (χ2v) is 4.00.